The van der Waals surface area contributed by atoms with E-state index >= 15 is 0 Å². The van der Waals surface area contributed by atoms with Gasteiger partial charge in [-0.15, -0.1) is 0 Å². The van der Waals surface area contributed by atoms with Gasteiger partial charge < -0.3 is 0 Å². The van der Waals surface area contributed by atoms with E-state index in [-0.39, 0.29) is 5.41 Å². The molecule has 1 aromatic heterocycles. The molecule has 0 saturated heterocycles. The van der Waals surface area contributed by atoms with Crippen molar-refractivity contribution in [3.63, 3.8) is 0 Å². The van der Waals surface area contributed by atoms with Gasteiger partial charge >= 0.3 is 0 Å². The van der Waals surface area contributed by atoms with Crippen LogP contribution in [0.5, 0.6) is 0 Å². The molecule has 1 aliphatic rings. The van der Waals surface area contributed by atoms with Crippen molar-refractivity contribution in [1.82, 2.24) is 9.97 Å². The van der Waals surface area contributed by atoms with Crippen LogP contribution in [0.2, 0.25) is 0 Å². The molecule has 2 heteroatoms. The Morgan fingerprint density at radius 1 is 0.436 bits per heavy atom. The van der Waals surface area contributed by atoms with Gasteiger partial charge in [0.25, 0.3) is 0 Å². The van der Waals surface area contributed by atoms with Gasteiger partial charge in [-0.05, 0) is 78.8 Å². The fraction of sp³-hybridized carbons (Fsp3) is 0.0811. The minimum absolute atomic E-state index is 0.128. The minimum Gasteiger partial charge on any atom is -0.236 e. The van der Waals surface area contributed by atoms with Crippen LogP contribution in [0.1, 0.15) is 25.0 Å². The summed E-state index contributed by atoms with van der Waals surface area (Å²) in [6, 6.07) is 41.8. The Bertz CT molecular complexity index is 2090. The maximum Gasteiger partial charge on any atom is 0.116 e. The maximum atomic E-state index is 4.66. The van der Waals surface area contributed by atoms with Crippen LogP contribution in [-0.2, 0) is 5.41 Å². The van der Waals surface area contributed by atoms with Gasteiger partial charge in [0.15, 0.2) is 0 Å². The third-order valence-corrected chi connectivity index (χ3v) is 8.57. The molecule has 184 valence electrons. The van der Waals surface area contributed by atoms with Crippen molar-refractivity contribution in [2.45, 2.75) is 19.3 Å². The van der Waals surface area contributed by atoms with Crippen molar-refractivity contribution in [3.05, 3.63) is 133 Å². The largest absolute Gasteiger partial charge is 0.236 e. The summed E-state index contributed by atoms with van der Waals surface area (Å²) in [6.07, 6.45) is 1.67. The van der Waals surface area contributed by atoms with Gasteiger partial charge in [0, 0.05) is 16.5 Å². The van der Waals surface area contributed by atoms with Crippen LogP contribution < -0.4 is 0 Å². The van der Waals surface area contributed by atoms with Crippen LogP contribution in [0.25, 0.3) is 66.0 Å². The van der Waals surface area contributed by atoms with Crippen molar-refractivity contribution < 1.29 is 0 Å². The number of fused-ring (bicyclic) bond motifs is 9. The lowest BCUT2D eigenvalue weighted by molar-refractivity contribution is 0.661. The van der Waals surface area contributed by atoms with Crippen LogP contribution in [0.3, 0.4) is 0 Å². The van der Waals surface area contributed by atoms with E-state index in [1.807, 2.05) is 18.2 Å². The van der Waals surface area contributed by atoms with Gasteiger partial charge in [-0.1, -0.05) is 105 Å². The molecule has 0 radical (unpaired) electrons. The first kappa shape index (κ1) is 22.2. The highest BCUT2D eigenvalue weighted by Crippen LogP contribution is 2.52. The van der Waals surface area contributed by atoms with E-state index in [1.54, 1.807) is 6.33 Å². The van der Waals surface area contributed by atoms with E-state index in [0.717, 1.165) is 22.5 Å². The summed E-state index contributed by atoms with van der Waals surface area (Å²) in [6.45, 7) is 4.71. The zero-order valence-electron chi connectivity index (χ0n) is 21.9. The number of nitrogens with zero attached hydrogens (tertiary/aromatic N) is 2. The van der Waals surface area contributed by atoms with Crippen molar-refractivity contribution in [2.24, 2.45) is 0 Å². The van der Waals surface area contributed by atoms with Crippen LogP contribution in [0.4, 0.5) is 0 Å². The Morgan fingerprint density at radius 2 is 0.974 bits per heavy atom. The second kappa shape index (κ2) is 8.09. The molecular weight excluding hydrogens is 472 g/mol. The molecule has 2 nitrogen and oxygen atoms in total. The fourth-order valence-corrected chi connectivity index (χ4v) is 6.57. The van der Waals surface area contributed by atoms with E-state index in [9.17, 15) is 0 Å². The molecule has 0 amide bonds. The van der Waals surface area contributed by atoms with Crippen molar-refractivity contribution in [2.75, 3.05) is 0 Å². The molecule has 0 saturated carbocycles. The zero-order valence-corrected chi connectivity index (χ0v) is 21.9. The van der Waals surface area contributed by atoms with E-state index in [4.69, 9.17) is 0 Å². The molecule has 39 heavy (non-hydrogen) atoms. The Balaban J connectivity index is 1.34. The summed E-state index contributed by atoms with van der Waals surface area (Å²) in [4.78, 5) is 9.20. The summed E-state index contributed by atoms with van der Waals surface area (Å²) in [5, 5.41) is 7.90. The normalized spacial score (nSPS) is 13.6. The highest BCUT2D eigenvalue weighted by molar-refractivity contribution is 6.26. The number of hydrogen-bond acceptors (Lipinski definition) is 2. The lowest BCUT2D eigenvalue weighted by Crippen LogP contribution is -2.15. The molecule has 0 bridgehead atoms. The summed E-state index contributed by atoms with van der Waals surface area (Å²) in [5.74, 6) is 0. The summed E-state index contributed by atoms with van der Waals surface area (Å²) >= 11 is 0. The Morgan fingerprint density at radius 3 is 1.64 bits per heavy atom. The first-order chi connectivity index (χ1) is 19.1. The molecule has 0 spiro atoms. The quantitative estimate of drug-likeness (QED) is 0.222. The predicted molar refractivity (Wildman–Crippen MR) is 163 cm³/mol. The Hall–Kier alpha value is -4.82. The highest BCUT2D eigenvalue weighted by atomic mass is 14.8. The SMILES string of the molecule is CC1(C)c2cc(-c3cc(-c4ccccc4)ncn3)ccc2-c2cc3c4ccccc4c4ccccc4c3cc21. The topological polar surface area (TPSA) is 25.8 Å². The zero-order chi connectivity index (χ0) is 26.1. The van der Waals surface area contributed by atoms with Gasteiger partial charge in [0.2, 0.25) is 0 Å². The van der Waals surface area contributed by atoms with Gasteiger partial charge in [0.05, 0.1) is 11.4 Å². The smallest absolute Gasteiger partial charge is 0.116 e. The summed E-state index contributed by atoms with van der Waals surface area (Å²) < 4.78 is 0. The third kappa shape index (κ3) is 3.21. The average Bonchev–Trinajstić information content (AvgIpc) is 3.22. The molecule has 0 fully saturated rings. The number of rotatable bonds is 2. The second-order valence-electron chi connectivity index (χ2n) is 11.1. The van der Waals surface area contributed by atoms with E-state index in [2.05, 4.69) is 121 Å². The molecule has 6 aromatic carbocycles. The predicted octanol–water partition coefficient (Wildman–Crippen LogP) is 9.58. The van der Waals surface area contributed by atoms with Gasteiger partial charge in [-0.3, -0.25) is 0 Å². The van der Waals surface area contributed by atoms with Crippen molar-refractivity contribution in [3.8, 4) is 33.6 Å². The average molecular weight is 499 g/mol. The molecule has 0 unspecified atom stereocenters. The minimum atomic E-state index is -0.128. The van der Waals surface area contributed by atoms with Crippen LogP contribution >= 0.6 is 0 Å². The molecule has 1 aliphatic carbocycles. The molecule has 7 aromatic rings. The van der Waals surface area contributed by atoms with E-state index < -0.39 is 0 Å². The number of benzene rings is 6. The van der Waals surface area contributed by atoms with E-state index in [1.165, 1.54) is 54.6 Å². The summed E-state index contributed by atoms with van der Waals surface area (Å²) in [5.41, 5.74) is 9.35. The maximum absolute atomic E-state index is 4.66. The fourth-order valence-electron chi connectivity index (χ4n) is 6.57. The molecular formula is C37H26N2. The van der Waals surface area contributed by atoms with Crippen LogP contribution in [-0.4, -0.2) is 9.97 Å². The van der Waals surface area contributed by atoms with E-state index in [0.29, 0.717) is 0 Å². The summed E-state index contributed by atoms with van der Waals surface area (Å²) in [7, 11) is 0. The lowest BCUT2D eigenvalue weighted by atomic mass is 9.80. The van der Waals surface area contributed by atoms with Gasteiger partial charge in [0.1, 0.15) is 6.33 Å². The highest BCUT2D eigenvalue weighted by Gasteiger charge is 2.36. The van der Waals surface area contributed by atoms with Gasteiger partial charge in [-0.25, -0.2) is 9.97 Å². The van der Waals surface area contributed by atoms with Crippen LogP contribution in [0.15, 0.2) is 122 Å². The Labute approximate surface area is 227 Å². The second-order valence-corrected chi connectivity index (χ2v) is 11.1. The van der Waals surface area contributed by atoms with Gasteiger partial charge in [-0.2, -0.15) is 0 Å². The molecule has 0 atom stereocenters. The third-order valence-electron chi connectivity index (χ3n) is 8.57. The van der Waals surface area contributed by atoms with Crippen molar-refractivity contribution in [1.29, 1.82) is 0 Å². The molecule has 0 N–H and O–H groups in total. The molecule has 1 heterocycles. The monoisotopic (exact) mass is 498 g/mol. The lowest BCUT2D eigenvalue weighted by Gasteiger charge is -2.23. The van der Waals surface area contributed by atoms with Crippen LogP contribution in [0, 0.1) is 0 Å². The number of aromatic nitrogens is 2. The first-order valence-electron chi connectivity index (χ1n) is 13.5. The molecule has 8 rings (SSSR count). The Kier molecular flexibility index (Phi) is 4.60. The first-order valence-corrected chi connectivity index (χ1v) is 13.5. The molecule has 0 aliphatic heterocycles. The standard InChI is InChI=1S/C37H26N2/c1-37(2)33-18-24(36-21-35(38-22-39-36)23-10-4-3-5-11-23)16-17-29(33)32-19-30-27-14-8-6-12-25(27)26-13-7-9-15-28(26)31(30)20-34(32)37/h3-22H,1-2H3. The number of hydrogen-bond donors (Lipinski definition) is 0. The van der Waals surface area contributed by atoms with Crippen molar-refractivity contribution >= 4 is 32.3 Å².